The SMILES string of the molecule is CC[C@@H](CO)N1C(=O)[C@@H]2[C@H](C(=O)NC)[C@]3(CC)CCC2(O3)C1C(=O)Nc1c(C)cccc1C. The smallest absolute Gasteiger partial charge is 0.250 e. The third-order valence-corrected chi connectivity index (χ3v) is 8.20. The number of rotatable bonds is 7. The zero-order chi connectivity index (χ0) is 24.1. The van der Waals surface area contributed by atoms with Crippen LogP contribution in [-0.4, -0.2) is 64.7 Å². The van der Waals surface area contributed by atoms with Crippen molar-refractivity contribution in [2.75, 3.05) is 19.0 Å². The van der Waals surface area contributed by atoms with E-state index in [1.807, 2.05) is 45.9 Å². The molecule has 3 fully saturated rings. The van der Waals surface area contributed by atoms with Gasteiger partial charge in [0.1, 0.15) is 11.6 Å². The van der Waals surface area contributed by atoms with Crippen molar-refractivity contribution in [2.45, 2.75) is 76.7 Å². The molecule has 3 N–H and O–H groups in total. The van der Waals surface area contributed by atoms with E-state index in [0.29, 0.717) is 31.4 Å². The maximum Gasteiger partial charge on any atom is 0.250 e. The lowest BCUT2D eigenvalue weighted by Crippen LogP contribution is -2.56. The van der Waals surface area contributed by atoms with E-state index >= 15 is 0 Å². The summed E-state index contributed by atoms with van der Waals surface area (Å²) in [7, 11) is 1.56. The van der Waals surface area contributed by atoms with Crippen LogP contribution in [-0.2, 0) is 19.1 Å². The molecule has 3 amide bonds. The number of likely N-dealkylation sites (tertiary alicyclic amines) is 1. The molecule has 8 nitrogen and oxygen atoms in total. The summed E-state index contributed by atoms with van der Waals surface area (Å²) in [6.07, 6.45) is 2.21. The molecule has 0 radical (unpaired) electrons. The Morgan fingerprint density at radius 2 is 1.88 bits per heavy atom. The number of fused-ring (bicyclic) bond motifs is 1. The number of ether oxygens (including phenoxy) is 1. The average molecular weight is 458 g/mol. The molecule has 8 heteroatoms. The zero-order valence-electron chi connectivity index (χ0n) is 20.1. The molecule has 33 heavy (non-hydrogen) atoms. The molecule has 3 aliphatic rings. The molecule has 3 saturated heterocycles. The van der Waals surface area contributed by atoms with Gasteiger partial charge in [-0.3, -0.25) is 14.4 Å². The second-order valence-corrected chi connectivity index (χ2v) is 9.69. The topological polar surface area (TPSA) is 108 Å². The number of aliphatic hydroxyl groups is 1. The monoisotopic (exact) mass is 457 g/mol. The van der Waals surface area contributed by atoms with E-state index in [2.05, 4.69) is 10.6 Å². The Balaban J connectivity index is 1.82. The number of hydrogen-bond acceptors (Lipinski definition) is 5. The number of aryl methyl sites for hydroxylation is 2. The molecule has 6 atom stereocenters. The number of benzene rings is 1. The first-order valence-corrected chi connectivity index (χ1v) is 11.9. The molecular weight excluding hydrogens is 422 g/mol. The summed E-state index contributed by atoms with van der Waals surface area (Å²) in [6, 6.07) is 4.33. The van der Waals surface area contributed by atoms with Crippen molar-refractivity contribution in [2.24, 2.45) is 11.8 Å². The van der Waals surface area contributed by atoms with Crippen LogP contribution in [0.15, 0.2) is 18.2 Å². The summed E-state index contributed by atoms with van der Waals surface area (Å²) in [5.41, 5.74) is 0.713. The summed E-state index contributed by atoms with van der Waals surface area (Å²) in [6.45, 7) is 7.43. The van der Waals surface area contributed by atoms with Gasteiger partial charge in [-0.25, -0.2) is 0 Å². The molecule has 1 spiro atoms. The minimum atomic E-state index is -1.09. The molecule has 2 unspecified atom stereocenters. The molecular formula is C25H35N3O5. The quantitative estimate of drug-likeness (QED) is 0.580. The molecule has 0 saturated carbocycles. The second kappa shape index (κ2) is 8.40. The van der Waals surface area contributed by atoms with Gasteiger partial charge in [-0.05, 0) is 50.7 Å². The third kappa shape index (κ3) is 3.21. The van der Waals surface area contributed by atoms with Crippen LogP contribution in [0.5, 0.6) is 0 Å². The van der Waals surface area contributed by atoms with Crippen LogP contribution in [0, 0.1) is 25.7 Å². The maximum atomic E-state index is 13.9. The lowest BCUT2D eigenvalue weighted by molar-refractivity contribution is -0.149. The Labute approximate surface area is 195 Å². The molecule has 3 heterocycles. The van der Waals surface area contributed by atoms with Crippen molar-refractivity contribution in [3.8, 4) is 0 Å². The molecule has 180 valence electrons. The van der Waals surface area contributed by atoms with Gasteiger partial charge in [-0.15, -0.1) is 0 Å². The Hall–Kier alpha value is -2.45. The zero-order valence-corrected chi connectivity index (χ0v) is 20.1. The number of carbonyl (C=O) groups is 3. The lowest BCUT2D eigenvalue weighted by atomic mass is 9.65. The summed E-state index contributed by atoms with van der Waals surface area (Å²) in [5, 5.41) is 15.9. The van der Waals surface area contributed by atoms with Crippen molar-refractivity contribution in [1.82, 2.24) is 10.2 Å². The molecule has 0 aliphatic carbocycles. The van der Waals surface area contributed by atoms with Crippen LogP contribution in [0.1, 0.15) is 50.7 Å². The number of para-hydroxylation sites is 1. The highest BCUT2D eigenvalue weighted by atomic mass is 16.5. The lowest BCUT2D eigenvalue weighted by Gasteiger charge is -2.37. The second-order valence-electron chi connectivity index (χ2n) is 9.69. The highest BCUT2D eigenvalue weighted by molar-refractivity contribution is 6.04. The van der Waals surface area contributed by atoms with E-state index in [1.54, 1.807) is 7.05 Å². The molecule has 4 rings (SSSR count). The fourth-order valence-electron chi connectivity index (χ4n) is 6.52. The minimum absolute atomic E-state index is 0.232. The number of hydrogen-bond donors (Lipinski definition) is 3. The predicted octanol–water partition coefficient (Wildman–Crippen LogP) is 1.91. The number of carbonyl (C=O) groups excluding carboxylic acids is 3. The fraction of sp³-hybridized carbons (Fsp3) is 0.640. The van der Waals surface area contributed by atoms with Crippen LogP contribution in [0.3, 0.4) is 0 Å². The number of amides is 3. The van der Waals surface area contributed by atoms with E-state index in [1.165, 1.54) is 4.90 Å². The Kier molecular flexibility index (Phi) is 6.03. The van der Waals surface area contributed by atoms with Crippen LogP contribution >= 0.6 is 0 Å². The van der Waals surface area contributed by atoms with E-state index in [-0.39, 0.29) is 24.3 Å². The molecule has 1 aromatic carbocycles. The average Bonchev–Trinajstić information content (AvgIpc) is 3.41. The predicted molar refractivity (Wildman–Crippen MR) is 123 cm³/mol. The Morgan fingerprint density at radius 1 is 1.21 bits per heavy atom. The highest BCUT2D eigenvalue weighted by Crippen LogP contribution is 2.64. The molecule has 0 aromatic heterocycles. The number of anilines is 1. The van der Waals surface area contributed by atoms with Crippen molar-refractivity contribution in [3.63, 3.8) is 0 Å². The van der Waals surface area contributed by atoms with E-state index in [0.717, 1.165) is 11.1 Å². The van der Waals surface area contributed by atoms with Crippen LogP contribution < -0.4 is 10.6 Å². The number of nitrogens with one attached hydrogen (secondary N) is 2. The van der Waals surface area contributed by atoms with Crippen molar-refractivity contribution < 1.29 is 24.2 Å². The summed E-state index contributed by atoms with van der Waals surface area (Å²) < 4.78 is 6.66. The van der Waals surface area contributed by atoms with E-state index in [4.69, 9.17) is 4.74 Å². The van der Waals surface area contributed by atoms with Gasteiger partial charge in [0.25, 0.3) is 0 Å². The Bertz CT molecular complexity index is 957. The summed E-state index contributed by atoms with van der Waals surface area (Å²) >= 11 is 0. The van der Waals surface area contributed by atoms with Crippen molar-refractivity contribution in [1.29, 1.82) is 0 Å². The fourth-order valence-corrected chi connectivity index (χ4v) is 6.52. The van der Waals surface area contributed by atoms with Gasteiger partial charge in [-0.1, -0.05) is 32.0 Å². The van der Waals surface area contributed by atoms with Crippen molar-refractivity contribution in [3.05, 3.63) is 29.3 Å². The van der Waals surface area contributed by atoms with Gasteiger partial charge in [0.15, 0.2) is 0 Å². The van der Waals surface area contributed by atoms with Gasteiger partial charge in [0, 0.05) is 12.7 Å². The van der Waals surface area contributed by atoms with Crippen molar-refractivity contribution >= 4 is 23.4 Å². The first-order chi connectivity index (χ1) is 15.7. The van der Waals surface area contributed by atoms with Crippen LogP contribution in [0.4, 0.5) is 5.69 Å². The number of nitrogens with zero attached hydrogens (tertiary/aromatic N) is 1. The van der Waals surface area contributed by atoms with Crippen LogP contribution in [0.2, 0.25) is 0 Å². The summed E-state index contributed by atoms with van der Waals surface area (Å²) in [5.74, 6) is -2.25. The van der Waals surface area contributed by atoms with E-state index in [9.17, 15) is 19.5 Å². The normalized spacial score (nSPS) is 33.2. The standard InChI is InChI=1S/C25H35N3O5/c1-6-16(13-29)28-20(22(31)27-19-14(3)9-8-10-15(19)4)25-12-11-24(7-2,33-25)17(21(30)26-5)18(25)23(28)32/h8-10,16-18,20,29H,6-7,11-13H2,1-5H3,(H,26,30)(H,27,31)/t16-,17+,18-,20?,24-,25?/m0/s1. The first kappa shape index (κ1) is 23.7. The molecule has 1 aromatic rings. The van der Waals surface area contributed by atoms with Gasteiger partial charge in [-0.2, -0.15) is 0 Å². The highest BCUT2D eigenvalue weighted by Gasteiger charge is 2.79. The van der Waals surface area contributed by atoms with Gasteiger partial charge in [0.05, 0.1) is 30.1 Å². The van der Waals surface area contributed by atoms with Gasteiger partial charge < -0.3 is 25.4 Å². The number of aliphatic hydroxyl groups excluding tert-OH is 1. The third-order valence-electron chi connectivity index (χ3n) is 8.20. The van der Waals surface area contributed by atoms with E-state index < -0.39 is 35.1 Å². The molecule has 3 aliphatic heterocycles. The van der Waals surface area contributed by atoms with Crippen LogP contribution in [0.25, 0.3) is 0 Å². The van der Waals surface area contributed by atoms with Gasteiger partial charge >= 0.3 is 0 Å². The maximum absolute atomic E-state index is 13.9. The minimum Gasteiger partial charge on any atom is -0.394 e. The first-order valence-electron chi connectivity index (χ1n) is 11.9. The summed E-state index contributed by atoms with van der Waals surface area (Å²) in [4.78, 5) is 42.3. The molecule has 2 bridgehead atoms. The largest absolute Gasteiger partial charge is 0.394 e. The van der Waals surface area contributed by atoms with Gasteiger partial charge in [0.2, 0.25) is 17.7 Å². The Morgan fingerprint density at radius 3 is 2.42 bits per heavy atom.